The Labute approximate surface area is 85.8 Å². The topological polar surface area (TPSA) is 32.3 Å². The number of piperidine rings is 1. The first-order valence-corrected chi connectivity index (χ1v) is 5.77. The highest BCUT2D eigenvalue weighted by Gasteiger charge is 2.29. The normalized spacial score (nSPS) is 33.4. The van der Waals surface area contributed by atoms with Gasteiger partial charge in [0.2, 0.25) is 5.91 Å². The minimum absolute atomic E-state index is 0.264. The van der Waals surface area contributed by atoms with Gasteiger partial charge in [-0.1, -0.05) is 6.92 Å². The molecule has 2 atom stereocenters. The van der Waals surface area contributed by atoms with E-state index in [0.29, 0.717) is 11.8 Å². The van der Waals surface area contributed by atoms with E-state index in [2.05, 4.69) is 17.1 Å². The van der Waals surface area contributed by atoms with Gasteiger partial charge in [0.05, 0.1) is 5.92 Å². The molecule has 2 rings (SSSR count). The van der Waals surface area contributed by atoms with E-state index in [9.17, 15) is 4.79 Å². The molecule has 0 aliphatic carbocycles. The number of carbonyl (C=O) groups excluding carboxylic acids is 1. The van der Waals surface area contributed by atoms with Crippen LogP contribution in [0.1, 0.15) is 26.2 Å². The van der Waals surface area contributed by atoms with Gasteiger partial charge in [0, 0.05) is 19.6 Å². The molecule has 1 amide bonds. The van der Waals surface area contributed by atoms with E-state index in [1.165, 1.54) is 12.8 Å². The van der Waals surface area contributed by atoms with Gasteiger partial charge in [-0.05, 0) is 31.7 Å². The number of nitrogens with zero attached hydrogens (tertiary/aromatic N) is 1. The van der Waals surface area contributed by atoms with Crippen LogP contribution in [0, 0.1) is 11.8 Å². The molecule has 80 valence electrons. The molecule has 0 aromatic carbocycles. The minimum Gasteiger partial charge on any atom is -0.342 e. The molecule has 0 aromatic rings. The Bertz CT molecular complexity index is 211. The predicted molar refractivity (Wildman–Crippen MR) is 56.0 cm³/mol. The number of nitrogens with one attached hydrogen (secondary N) is 1. The number of likely N-dealkylation sites (tertiary alicyclic amines) is 1. The lowest BCUT2D eigenvalue weighted by Gasteiger charge is -2.32. The molecule has 0 spiro atoms. The van der Waals surface area contributed by atoms with Crippen LogP contribution in [0.5, 0.6) is 0 Å². The van der Waals surface area contributed by atoms with E-state index in [0.717, 1.165) is 32.6 Å². The summed E-state index contributed by atoms with van der Waals surface area (Å²) in [5.41, 5.74) is 0. The molecule has 0 aromatic heterocycles. The highest BCUT2D eigenvalue weighted by atomic mass is 16.2. The third kappa shape index (κ3) is 2.08. The summed E-state index contributed by atoms with van der Waals surface area (Å²) in [6.07, 6.45) is 3.50. The van der Waals surface area contributed by atoms with Crippen molar-refractivity contribution in [1.29, 1.82) is 0 Å². The third-order valence-electron chi connectivity index (χ3n) is 3.38. The summed E-state index contributed by atoms with van der Waals surface area (Å²) in [6.45, 7) is 6.12. The fourth-order valence-corrected chi connectivity index (χ4v) is 2.51. The van der Waals surface area contributed by atoms with Crippen LogP contribution in [0.4, 0.5) is 0 Å². The van der Waals surface area contributed by atoms with Crippen molar-refractivity contribution in [1.82, 2.24) is 10.2 Å². The predicted octanol–water partition coefficient (Wildman–Crippen LogP) is 0.854. The number of carbonyl (C=O) groups is 1. The van der Waals surface area contributed by atoms with Gasteiger partial charge >= 0.3 is 0 Å². The van der Waals surface area contributed by atoms with Crippen LogP contribution in [0.25, 0.3) is 0 Å². The van der Waals surface area contributed by atoms with Crippen molar-refractivity contribution in [2.45, 2.75) is 26.2 Å². The zero-order chi connectivity index (χ0) is 9.97. The fraction of sp³-hybridized carbons (Fsp3) is 0.909. The molecule has 0 bridgehead atoms. The summed E-state index contributed by atoms with van der Waals surface area (Å²) in [5.74, 6) is 1.35. The summed E-state index contributed by atoms with van der Waals surface area (Å²) in [5, 5.41) is 3.26. The van der Waals surface area contributed by atoms with E-state index >= 15 is 0 Å². The molecule has 2 fully saturated rings. The van der Waals surface area contributed by atoms with E-state index in [1.807, 2.05) is 0 Å². The fourth-order valence-electron chi connectivity index (χ4n) is 2.51. The average molecular weight is 196 g/mol. The molecule has 14 heavy (non-hydrogen) atoms. The molecular formula is C11H20N2O. The van der Waals surface area contributed by atoms with Gasteiger partial charge in [0.25, 0.3) is 0 Å². The largest absolute Gasteiger partial charge is 0.342 e. The standard InChI is InChI=1S/C11H20N2O/c1-9-3-2-6-13(8-9)11(14)10-4-5-12-7-10/h9-10,12H,2-8H2,1H3. The maximum Gasteiger partial charge on any atom is 0.227 e. The van der Waals surface area contributed by atoms with Gasteiger partial charge in [-0.3, -0.25) is 4.79 Å². The SMILES string of the molecule is CC1CCCN(C(=O)C2CCNC2)C1. The third-order valence-corrected chi connectivity index (χ3v) is 3.38. The first kappa shape index (κ1) is 9.97. The monoisotopic (exact) mass is 196 g/mol. The maximum absolute atomic E-state index is 12.0. The van der Waals surface area contributed by atoms with Crippen LogP contribution in [0.15, 0.2) is 0 Å². The molecule has 0 saturated carbocycles. The van der Waals surface area contributed by atoms with E-state index < -0.39 is 0 Å². The Morgan fingerprint density at radius 3 is 2.93 bits per heavy atom. The lowest BCUT2D eigenvalue weighted by Crippen LogP contribution is -2.42. The second-order valence-corrected chi connectivity index (χ2v) is 4.72. The summed E-state index contributed by atoms with van der Waals surface area (Å²) in [7, 11) is 0. The van der Waals surface area contributed by atoms with Gasteiger partial charge < -0.3 is 10.2 Å². The molecule has 3 heteroatoms. The molecule has 2 saturated heterocycles. The van der Waals surface area contributed by atoms with E-state index in [1.54, 1.807) is 0 Å². The van der Waals surface area contributed by atoms with Crippen LogP contribution < -0.4 is 5.32 Å². The van der Waals surface area contributed by atoms with Crippen molar-refractivity contribution >= 4 is 5.91 Å². The molecule has 2 heterocycles. The van der Waals surface area contributed by atoms with E-state index in [4.69, 9.17) is 0 Å². The molecule has 1 N–H and O–H groups in total. The molecule has 0 radical (unpaired) electrons. The van der Waals surface area contributed by atoms with Crippen LogP contribution in [-0.2, 0) is 4.79 Å². The van der Waals surface area contributed by atoms with Crippen LogP contribution in [-0.4, -0.2) is 37.0 Å². The van der Waals surface area contributed by atoms with E-state index in [-0.39, 0.29) is 5.92 Å². The molecule has 2 unspecified atom stereocenters. The number of rotatable bonds is 1. The van der Waals surface area contributed by atoms with Crippen molar-refractivity contribution in [3.05, 3.63) is 0 Å². The van der Waals surface area contributed by atoms with Crippen molar-refractivity contribution in [2.24, 2.45) is 11.8 Å². The number of hydrogen-bond acceptors (Lipinski definition) is 2. The van der Waals surface area contributed by atoms with Gasteiger partial charge in [0.1, 0.15) is 0 Å². The lowest BCUT2D eigenvalue weighted by molar-refractivity contribution is -0.136. The smallest absolute Gasteiger partial charge is 0.227 e. The Hall–Kier alpha value is -0.570. The molecule has 2 aliphatic rings. The summed E-state index contributed by atoms with van der Waals surface area (Å²) in [4.78, 5) is 14.1. The quantitative estimate of drug-likeness (QED) is 0.674. The Morgan fingerprint density at radius 1 is 1.43 bits per heavy atom. The highest BCUT2D eigenvalue weighted by molar-refractivity contribution is 5.79. The van der Waals surface area contributed by atoms with Crippen molar-refractivity contribution in [2.75, 3.05) is 26.2 Å². The summed E-state index contributed by atoms with van der Waals surface area (Å²) >= 11 is 0. The first-order valence-electron chi connectivity index (χ1n) is 5.77. The molecule has 2 aliphatic heterocycles. The van der Waals surface area contributed by atoms with Crippen molar-refractivity contribution in [3.8, 4) is 0 Å². The second kappa shape index (κ2) is 4.30. The molecular weight excluding hydrogens is 176 g/mol. The van der Waals surface area contributed by atoms with Gasteiger partial charge in [-0.25, -0.2) is 0 Å². The summed E-state index contributed by atoms with van der Waals surface area (Å²) in [6, 6.07) is 0. The van der Waals surface area contributed by atoms with Crippen LogP contribution >= 0.6 is 0 Å². The maximum atomic E-state index is 12.0. The minimum atomic E-state index is 0.264. The van der Waals surface area contributed by atoms with Crippen LogP contribution in [0.3, 0.4) is 0 Å². The van der Waals surface area contributed by atoms with Crippen molar-refractivity contribution < 1.29 is 4.79 Å². The summed E-state index contributed by atoms with van der Waals surface area (Å²) < 4.78 is 0. The Kier molecular flexibility index (Phi) is 3.06. The Balaban J connectivity index is 1.89. The lowest BCUT2D eigenvalue weighted by atomic mass is 9.98. The zero-order valence-corrected chi connectivity index (χ0v) is 8.96. The number of amides is 1. The molecule has 3 nitrogen and oxygen atoms in total. The zero-order valence-electron chi connectivity index (χ0n) is 8.96. The number of hydrogen-bond donors (Lipinski definition) is 1. The van der Waals surface area contributed by atoms with Crippen LogP contribution in [0.2, 0.25) is 0 Å². The van der Waals surface area contributed by atoms with Gasteiger partial charge in [-0.15, -0.1) is 0 Å². The highest BCUT2D eigenvalue weighted by Crippen LogP contribution is 2.19. The van der Waals surface area contributed by atoms with Crippen molar-refractivity contribution in [3.63, 3.8) is 0 Å². The first-order chi connectivity index (χ1) is 6.77. The van der Waals surface area contributed by atoms with Gasteiger partial charge in [-0.2, -0.15) is 0 Å². The van der Waals surface area contributed by atoms with Gasteiger partial charge in [0.15, 0.2) is 0 Å². The Morgan fingerprint density at radius 2 is 2.29 bits per heavy atom. The average Bonchev–Trinajstić information content (AvgIpc) is 2.69. The second-order valence-electron chi connectivity index (χ2n) is 4.72.